The molecule has 0 saturated carbocycles. The summed E-state index contributed by atoms with van der Waals surface area (Å²) in [5.41, 5.74) is 2.45. The summed E-state index contributed by atoms with van der Waals surface area (Å²) in [5, 5.41) is 19.3. The molecule has 3 aromatic carbocycles. The Balaban J connectivity index is 2.49. The van der Waals surface area contributed by atoms with Gasteiger partial charge in [-0.15, -0.1) is 0 Å². The molecule has 3 nitrogen and oxygen atoms in total. The van der Waals surface area contributed by atoms with Crippen LogP contribution >= 0.6 is 0 Å². The van der Waals surface area contributed by atoms with E-state index in [2.05, 4.69) is 0 Å². The van der Waals surface area contributed by atoms with Gasteiger partial charge in [0.25, 0.3) is 0 Å². The molecule has 0 atom stereocenters. The van der Waals surface area contributed by atoms with Crippen molar-refractivity contribution in [2.45, 2.75) is 4.75 Å². The number of rotatable bonds is 5. The van der Waals surface area contributed by atoms with E-state index in [0.717, 1.165) is 11.1 Å². The lowest BCUT2D eigenvalue weighted by molar-refractivity contribution is 0.596. The summed E-state index contributed by atoms with van der Waals surface area (Å²) in [7, 11) is 0. The Hall–Kier alpha value is -3.60. The zero-order valence-electron chi connectivity index (χ0n) is 14.4. The Morgan fingerprint density at radius 2 is 1.11 bits per heavy atom. The molecule has 3 aromatic rings. The first-order valence-electron chi connectivity index (χ1n) is 8.30. The Morgan fingerprint density at radius 1 is 0.704 bits per heavy atom. The number of hydrogen-bond acceptors (Lipinski definition) is 3. The normalized spacial score (nSPS) is 10.3. The van der Waals surface area contributed by atoms with Crippen molar-refractivity contribution in [1.82, 2.24) is 0 Å². The van der Waals surface area contributed by atoms with Crippen molar-refractivity contribution in [2.75, 3.05) is 0 Å². The van der Waals surface area contributed by atoms with Gasteiger partial charge >= 0.3 is 16.4 Å². The molecular formula is C23H15N2OS+. The molecule has 0 amide bonds. The SMILES string of the molecule is N#CC(C#N)=C(c1ccccc1)C([S+]=O)(c1ccccc1)c1ccccc1. The lowest BCUT2D eigenvalue weighted by Crippen LogP contribution is -2.29. The van der Waals surface area contributed by atoms with Crippen LogP contribution in [0.2, 0.25) is 0 Å². The van der Waals surface area contributed by atoms with Gasteiger partial charge in [-0.2, -0.15) is 10.5 Å². The molecule has 0 fully saturated rings. The van der Waals surface area contributed by atoms with Gasteiger partial charge in [0.15, 0.2) is 0 Å². The van der Waals surface area contributed by atoms with Gasteiger partial charge in [0, 0.05) is 15.3 Å². The molecule has 27 heavy (non-hydrogen) atoms. The highest BCUT2D eigenvalue weighted by atomic mass is 32.1. The van der Waals surface area contributed by atoms with Crippen molar-refractivity contribution >= 4 is 17.2 Å². The first-order valence-corrected chi connectivity index (χ1v) is 9.04. The molecule has 0 aromatic heterocycles. The summed E-state index contributed by atoms with van der Waals surface area (Å²) in [6.07, 6.45) is 0. The monoisotopic (exact) mass is 367 g/mol. The van der Waals surface area contributed by atoms with E-state index in [1.54, 1.807) is 0 Å². The van der Waals surface area contributed by atoms with Crippen LogP contribution in [0.1, 0.15) is 16.7 Å². The summed E-state index contributed by atoms with van der Waals surface area (Å²) in [5.74, 6) is 0. The van der Waals surface area contributed by atoms with Crippen molar-refractivity contribution in [3.8, 4) is 12.1 Å². The van der Waals surface area contributed by atoms with Crippen LogP contribution in [0.25, 0.3) is 5.57 Å². The van der Waals surface area contributed by atoms with E-state index in [4.69, 9.17) is 0 Å². The fraction of sp³-hybridized carbons (Fsp3) is 0.0435. The predicted octanol–water partition coefficient (Wildman–Crippen LogP) is 4.86. The summed E-state index contributed by atoms with van der Waals surface area (Å²) in [6.45, 7) is 0. The zero-order valence-corrected chi connectivity index (χ0v) is 15.2. The van der Waals surface area contributed by atoms with Gasteiger partial charge in [-0.3, -0.25) is 0 Å². The van der Waals surface area contributed by atoms with Crippen LogP contribution in [-0.2, 0) is 20.6 Å². The number of nitrogens with zero attached hydrogens (tertiary/aromatic N) is 2. The topological polar surface area (TPSA) is 64.7 Å². The molecule has 0 spiro atoms. The summed E-state index contributed by atoms with van der Waals surface area (Å²) in [6, 6.07) is 31.7. The van der Waals surface area contributed by atoms with Gasteiger partial charge in [-0.05, 0) is 5.56 Å². The second-order valence-electron chi connectivity index (χ2n) is 5.84. The zero-order chi connectivity index (χ0) is 19.1. The van der Waals surface area contributed by atoms with E-state index >= 15 is 0 Å². The minimum atomic E-state index is -1.23. The minimum Gasteiger partial charge on any atom is -0.192 e. The molecule has 0 aliphatic rings. The first kappa shape index (κ1) is 18.2. The quantitative estimate of drug-likeness (QED) is 0.478. The minimum absolute atomic E-state index is 0.0720. The number of hydrogen-bond donors (Lipinski definition) is 0. The summed E-state index contributed by atoms with van der Waals surface area (Å²) < 4.78 is 11.5. The molecule has 0 heterocycles. The highest BCUT2D eigenvalue weighted by molar-refractivity contribution is 7.67. The molecule has 128 valence electrons. The maximum atomic E-state index is 12.8. The fourth-order valence-corrected chi connectivity index (χ4v) is 3.97. The predicted molar refractivity (Wildman–Crippen MR) is 106 cm³/mol. The van der Waals surface area contributed by atoms with Crippen LogP contribution in [0.4, 0.5) is 0 Å². The lowest BCUT2D eigenvalue weighted by atomic mass is 9.78. The third-order valence-electron chi connectivity index (χ3n) is 4.37. The molecule has 0 radical (unpaired) electrons. The van der Waals surface area contributed by atoms with Crippen LogP contribution in [0, 0.1) is 22.7 Å². The van der Waals surface area contributed by atoms with Crippen LogP contribution in [-0.4, -0.2) is 0 Å². The van der Waals surface area contributed by atoms with E-state index in [-0.39, 0.29) is 5.57 Å². The standard InChI is InChI=1S/C23H15N2OS/c24-16-19(17-25)22(18-10-4-1-5-11-18)23(27-26,20-12-6-2-7-13-20)21-14-8-3-9-15-21/h1-15H/q+1. The van der Waals surface area contributed by atoms with E-state index in [9.17, 15) is 14.7 Å². The molecule has 0 saturated heterocycles. The average Bonchev–Trinajstić information content (AvgIpc) is 2.76. The van der Waals surface area contributed by atoms with Crippen molar-refractivity contribution in [3.05, 3.63) is 113 Å². The second-order valence-corrected chi connectivity index (χ2v) is 6.62. The van der Waals surface area contributed by atoms with Gasteiger partial charge in [0.05, 0.1) is 5.57 Å². The maximum absolute atomic E-state index is 12.8. The molecule has 0 aliphatic heterocycles. The second kappa shape index (κ2) is 8.19. The van der Waals surface area contributed by atoms with E-state index in [0.29, 0.717) is 22.8 Å². The largest absolute Gasteiger partial charge is 0.481 e. The molecule has 3 rings (SSSR count). The van der Waals surface area contributed by atoms with Crippen LogP contribution < -0.4 is 0 Å². The Morgan fingerprint density at radius 3 is 1.48 bits per heavy atom. The fourth-order valence-electron chi connectivity index (χ4n) is 3.20. The Kier molecular flexibility index (Phi) is 5.52. The summed E-state index contributed by atoms with van der Waals surface area (Å²) >= 11 is 0.375. The van der Waals surface area contributed by atoms with E-state index in [1.165, 1.54) is 0 Å². The molecular weight excluding hydrogens is 352 g/mol. The maximum Gasteiger partial charge on any atom is 0.481 e. The smallest absolute Gasteiger partial charge is 0.192 e. The lowest BCUT2D eigenvalue weighted by Gasteiger charge is -2.22. The first-order chi connectivity index (χ1) is 13.3. The van der Waals surface area contributed by atoms with Gasteiger partial charge in [0.1, 0.15) is 17.7 Å². The van der Waals surface area contributed by atoms with Gasteiger partial charge in [0.2, 0.25) is 0 Å². The van der Waals surface area contributed by atoms with Crippen molar-refractivity contribution in [3.63, 3.8) is 0 Å². The molecule has 0 bridgehead atoms. The average molecular weight is 367 g/mol. The van der Waals surface area contributed by atoms with Gasteiger partial charge in [-0.25, -0.2) is 0 Å². The number of nitriles is 2. The molecule has 4 heteroatoms. The highest BCUT2D eigenvalue weighted by Crippen LogP contribution is 2.45. The number of benzene rings is 3. The van der Waals surface area contributed by atoms with Crippen molar-refractivity contribution < 1.29 is 4.21 Å². The van der Waals surface area contributed by atoms with E-state index in [1.807, 2.05) is 103 Å². The van der Waals surface area contributed by atoms with Gasteiger partial charge < -0.3 is 0 Å². The van der Waals surface area contributed by atoms with Gasteiger partial charge in [-0.1, -0.05) is 91.0 Å². The Bertz CT molecular complexity index is 991. The summed E-state index contributed by atoms with van der Waals surface area (Å²) in [4.78, 5) is 0. The van der Waals surface area contributed by atoms with Crippen LogP contribution in [0.3, 0.4) is 0 Å². The molecule has 0 N–H and O–H groups in total. The van der Waals surface area contributed by atoms with E-state index < -0.39 is 4.75 Å². The third-order valence-corrected chi connectivity index (χ3v) is 5.30. The number of allylic oxidation sites excluding steroid dienone is 1. The Labute approximate surface area is 162 Å². The van der Waals surface area contributed by atoms with Crippen LogP contribution in [0.15, 0.2) is 96.6 Å². The molecule has 0 unspecified atom stereocenters. The van der Waals surface area contributed by atoms with Crippen molar-refractivity contribution in [2.24, 2.45) is 0 Å². The van der Waals surface area contributed by atoms with Crippen molar-refractivity contribution in [1.29, 1.82) is 10.5 Å². The molecule has 0 aliphatic carbocycles. The van der Waals surface area contributed by atoms with Crippen LogP contribution in [0.5, 0.6) is 0 Å². The highest BCUT2D eigenvalue weighted by Gasteiger charge is 2.54. The third kappa shape index (κ3) is 3.27.